The van der Waals surface area contributed by atoms with Crippen molar-refractivity contribution in [2.45, 2.75) is 44.9 Å². The molecule has 0 amide bonds. The Morgan fingerprint density at radius 2 is 1.83 bits per heavy atom. The molecule has 30 heavy (non-hydrogen) atoms. The summed E-state index contributed by atoms with van der Waals surface area (Å²) in [4.78, 5) is 2.65. The number of nitrogens with zero attached hydrogens (tertiary/aromatic N) is 1. The molecule has 2 aromatic carbocycles. The summed E-state index contributed by atoms with van der Waals surface area (Å²) >= 11 is 0. The molecule has 2 aliphatic rings. The molecule has 0 aromatic heterocycles. The molecule has 1 saturated heterocycles. The van der Waals surface area contributed by atoms with Gasteiger partial charge in [-0.25, -0.2) is 4.39 Å². The van der Waals surface area contributed by atoms with Gasteiger partial charge in [0.05, 0.1) is 6.61 Å². The molecule has 0 saturated carbocycles. The van der Waals surface area contributed by atoms with E-state index in [0.29, 0.717) is 0 Å². The van der Waals surface area contributed by atoms with E-state index < -0.39 is 0 Å². The van der Waals surface area contributed by atoms with Crippen molar-refractivity contribution in [1.29, 1.82) is 0 Å². The van der Waals surface area contributed by atoms with Crippen molar-refractivity contribution < 1.29 is 9.13 Å². The van der Waals surface area contributed by atoms with E-state index in [-0.39, 0.29) is 5.82 Å². The van der Waals surface area contributed by atoms with Gasteiger partial charge in [0.1, 0.15) is 11.6 Å². The quantitative estimate of drug-likeness (QED) is 0.578. The highest BCUT2D eigenvalue weighted by Crippen LogP contribution is 2.29. The molecule has 1 unspecified atom stereocenters. The van der Waals surface area contributed by atoms with E-state index in [1.807, 2.05) is 12.1 Å². The lowest BCUT2D eigenvalue weighted by molar-refractivity contribution is 0.261. The summed E-state index contributed by atoms with van der Waals surface area (Å²) in [6.45, 7) is 6.47. The topological polar surface area (TPSA) is 24.5 Å². The van der Waals surface area contributed by atoms with Crippen LogP contribution >= 0.6 is 0 Å². The Bertz CT molecular complexity index is 786. The maximum Gasteiger partial charge on any atom is 0.123 e. The number of rotatable bonds is 10. The first kappa shape index (κ1) is 21.3. The minimum atomic E-state index is -0.173. The number of aryl methyl sites for hydroxylation is 1. The summed E-state index contributed by atoms with van der Waals surface area (Å²) in [5.74, 6) is 1.66. The molecule has 4 rings (SSSR count). The predicted molar refractivity (Wildman–Crippen MR) is 121 cm³/mol. The fraction of sp³-hybridized carbons (Fsp3) is 0.538. The largest absolute Gasteiger partial charge is 0.494 e. The molecule has 1 heterocycles. The van der Waals surface area contributed by atoms with E-state index in [1.165, 1.54) is 75.0 Å². The van der Waals surface area contributed by atoms with Gasteiger partial charge in [-0.3, -0.25) is 0 Å². The summed E-state index contributed by atoms with van der Waals surface area (Å²) in [5.41, 5.74) is 4.18. The molecule has 2 aromatic rings. The van der Waals surface area contributed by atoms with Gasteiger partial charge >= 0.3 is 0 Å². The Balaban J connectivity index is 1.12. The highest BCUT2D eigenvalue weighted by molar-refractivity contribution is 5.37. The van der Waals surface area contributed by atoms with E-state index in [1.54, 1.807) is 0 Å². The van der Waals surface area contributed by atoms with Crippen molar-refractivity contribution in [2.24, 2.45) is 5.92 Å². The van der Waals surface area contributed by atoms with E-state index in [2.05, 4.69) is 28.4 Å². The van der Waals surface area contributed by atoms with Crippen LogP contribution in [0.15, 0.2) is 42.5 Å². The number of fused-ring (bicyclic) bond motifs is 1. The van der Waals surface area contributed by atoms with Gasteiger partial charge in [-0.2, -0.15) is 0 Å². The fourth-order valence-corrected chi connectivity index (χ4v) is 4.78. The Hall–Kier alpha value is -1.91. The SMILES string of the molecule is Fc1ccc(CCNCCCOc2ccc3c(c2)CCC(CN2CCCC2)C3)cc1. The van der Waals surface area contributed by atoms with Gasteiger partial charge in [0.15, 0.2) is 0 Å². The van der Waals surface area contributed by atoms with E-state index in [9.17, 15) is 4.39 Å². The van der Waals surface area contributed by atoms with Crippen LogP contribution in [0.4, 0.5) is 4.39 Å². The lowest BCUT2D eigenvalue weighted by Gasteiger charge is -2.28. The van der Waals surface area contributed by atoms with E-state index >= 15 is 0 Å². The Kier molecular flexibility index (Phi) is 7.76. The standard InChI is InChI=1S/C26H35FN2O/c27-25-9-5-21(6-10-25)12-14-28-13-3-17-30-26-11-8-23-18-22(4-7-24(23)19-26)20-29-15-1-2-16-29/h5-6,8-11,19,22,28H,1-4,7,12-18,20H2. The Morgan fingerprint density at radius 1 is 1.00 bits per heavy atom. The van der Waals surface area contributed by atoms with Gasteiger partial charge in [-0.1, -0.05) is 18.2 Å². The number of likely N-dealkylation sites (tertiary alicyclic amines) is 1. The van der Waals surface area contributed by atoms with Crippen LogP contribution in [-0.4, -0.2) is 44.2 Å². The molecular weight excluding hydrogens is 375 g/mol. The van der Waals surface area contributed by atoms with Crippen molar-refractivity contribution in [3.05, 3.63) is 65.0 Å². The fourth-order valence-electron chi connectivity index (χ4n) is 4.78. The minimum absolute atomic E-state index is 0.173. The van der Waals surface area contributed by atoms with Crippen LogP contribution in [0.2, 0.25) is 0 Å². The second-order valence-electron chi connectivity index (χ2n) is 8.88. The lowest BCUT2D eigenvalue weighted by Crippen LogP contribution is -2.30. The molecular formula is C26H35FN2O. The molecule has 1 atom stereocenters. The number of ether oxygens (including phenoxy) is 1. The second-order valence-corrected chi connectivity index (χ2v) is 8.88. The van der Waals surface area contributed by atoms with E-state index in [4.69, 9.17) is 4.74 Å². The zero-order valence-electron chi connectivity index (χ0n) is 18.0. The molecule has 1 aliphatic heterocycles. The van der Waals surface area contributed by atoms with Gasteiger partial charge in [0.2, 0.25) is 0 Å². The highest BCUT2D eigenvalue weighted by atomic mass is 19.1. The smallest absolute Gasteiger partial charge is 0.123 e. The van der Waals surface area contributed by atoms with Gasteiger partial charge in [-0.05, 0) is 118 Å². The molecule has 1 fully saturated rings. The Morgan fingerprint density at radius 3 is 2.67 bits per heavy atom. The molecule has 1 N–H and O–H groups in total. The first-order valence-electron chi connectivity index (χ1n) is 11.7. The first-order chi connectivity index (χ1) is 14.8. The normalized spacial score (nSPS) is 19.0. The first-order valence-corrected chi connectivity index (χ1v) is 11.7. The van der Waals surface area contributed by atoms with Gasteiger partial charge in [0, 0.05) is 6.54 Å². The summed E-state index contributed by atoms with van der Waals surface area (Å²) < 4.78 is 18.9. The van der Waals surface area contributed by atoms with Gasteiger partial charge in [-0.15, -0.1) is 0 Å². The van der Waals surface area contributed by atoms with Crippen LogP contribution in [0.5, 0.6) is 5.75 Å². The third kappa shape index (κ3) is 6.29. The summed E-state index contributed by atoms with van der Waals surface area (Å²) in [6, 6.07) is 13.5. The molecule has 3 nitrogen and oxygen atoms in total. The molecule has 162 valence electrons. The van der Waals surface area contributed by atoms with Crippen molar-refractivity contribution in [2.75, 3.05) is 39.3 Å². The third-order valence-electron chi connectivity index (χ3n) is 6.49. The van der Waals surface area contributed by atoms with Crippen LogP contribution in [0.1, 0.15) is 42.4 Å². The maximum absolute atomic E-state index is 12.9. The highest BCUT2D eigenvalue weighted by Gasteiger charge is 2.22. The van der Waals surface area contributed by atoms with Crippen molar-refractivity contribution in [3.63, 3.8) is 0 Å². The summed E-state index contributed by atoms with van der Waals surface area (Å²) in [7, 11) is 0. The number of benzene rings is 2. The Labute approximate surface area is 180 Å². The molecule has 0 spiro atoms. The van der Waals surface area contributed by atoms with Crippen LogP contribution in [0.3, 0.4) is 0 Å². The second kappa shape index (κ2) is 10.9. The maximum atomic E-state index is 12.9. The molecule has 0 radical (unpaired) electrons. The lowest BCUT2D eigenvalue weighted by atomic mass is 9.83. The van der Waals surface area contributed by atoms with Gasteiger partial charge in [0.25, 0.3) is 0 Å². The number of nitrogens with one attached hydrogen (secondary N) is 1. The predicted octanol–water partition coefficient (Wildman–Crippen LogP) is 4.63. The average Bonchev–Trinajstić information content (AvgIpc) is 3.27. The zero-order valence-corrected chi connectivity index (χ0v) is 18.0. The summed E-state index contributed by atoms with van der Waals surface area (Å²) in [6.07, 6.45) is 8.40. The number of hydrogen-bond acceptors (Lipinski definition) is 3. The van der Waals surface area contributed by atoms with E-state index in [0.717, 1.165) is 49.8 Å². The molecule has 4 heteroatoms. The van der Waals surface area contributed by atoms with Crippen LogP contribution in [0.25, 0.3) is 0 Å². The number of halogens is 1. The van der Waals surface area contributed by atoms with Crippen molar-refractivity contribution in [3.8, 4) is 5.75 Å². The van der Waals surface area contributed by atoms with Crippen LogP contribution in [0, 0.1) is 11.7 Å². The molecule has 1 aliphatic carbocycles. The minimum Gasteiger partial charge on any atom is -0.494 e. The van der Waals surface area contributed by atoms with Crippen LogP contribution in [-0.2, 0) is 19.3 Å². The summed E-state index contributed by atoms with van der Waals surface area (Å²) in [5, 5.41) is 3.44. The third-order valence-corrected chi connectivity index (χ3v) is 6.49. The zero-order chi connectivity index (χ0) is 20.6. The van der Waals surface area contributed by atoms with Gasteiger partial charge < -0.3 is 15.0 Å². The molecule has 0 bridgehead atoms. The average molecular weight is 411 g/mol. The van der Waals surface area contributed by atoms with Crippen LogP contribution < -0.4 is 10.1 Å². The van der Waals surface area contributed by atoms with Crippen molar-refractivity contribution >= 4 is 0 Å². The monoisotopic (exact) mass is 410 g/mol. The van der Waals surface area contributed by atoms with Crippen molar-refractivity contribution in [1.82, 2.24) is 10.2 Å². The number of hydrogen-bond donors (Lipinski definition) is 1.